The van der Waals surface area contributed by atoms with E-state index < -0.39 is 0 Å². The molecule has 1 fully saturated rings. The summed E-state index contributed by atoms with van der Waals surface area (Å²) in [6, 6.07) is 18.7. The molecule has 2 aromatic heterocycles. The van der Waals surface area contributed by atoms with Crippen LogP contribution in [0.2, 0.25) is 0 Å². The van der Waals surface area contributed by atoms with Gasteiger partial charge in [-0.1, -0.05) is 36.4 Å². The monoisotopic (exact) mass is 387 g/mol. The summed E-state index contributed by atoms with van der Waals surface area (Å²) in [5.41, 5.74) is 2.42. The van der Waals surface area contributed by atoms with Gasteiger partial charge in [-0.3, -0.25) is 4.98 Å². The zero-order valence-corrected chi connectivity index (χ0v) is 16.3. The molecular weight excluding hydrogens is 362 g/mol. The highest BCUT2D eigenvalue weighted by Gasteiger charge is 2.18. The Morgan fingerprint density at radius 2 is 1.69 bits per heavy atom. The van der Waals surface area contributed by atoms with Crippen molar-refractivity contribution in [2.24, 2.45) is 0 Å². The average molecular weight is 387 g/mol. The van der Waals surface area contributed by atoms with Crippen molar-refractivity contribution in [1.29, 1.82) is 0 Å². The Labute approximate surface area is 171 Å². The van der Waals surface area contributed by atoms with E-state index in [0.29, 0.717) is 5.69 Å². The molecule has 1 aliphatic heterocycles. The lowest BCUT2D eigenvalue weighted by atomic mass is 10.0. The Morgan fingerprint density at radius 3 is 2.38 bits per heavy atom. The van der Waals surface area contributed by atoms with Crippen molar-refractivity contribution in [2.75, 3.05) is 23.3 Å². The van der Waals surface area contributed by atoms with Crippen LogP contribution < -0.4 is 15.5 Å². The number of nitrogens with zero attached hydrogens (tertiary/aromatic N) is 3. The number of aromatic nitrogens is 2. The normalized spacial score (nSPS) is 14.8. The maximum atomic E-state index is 12.7. The predicted octanol–water partition coefficient (Wildman–Crippen LogP) is 4.38. The number of anilines is 2. The van der Waals surface area contributed by atoms with Crippen molar-refractivity contribution in [3.8, 4) is 0 Å². The fraction of sp³-hybridized carbons (Fsp3) is 0.261. The maximum Gasteiger partial charge on any atom is 0.320 e. The van der Waals surface area contributed by atoms with Gasteiger partial charge in [0.15, 0.2) is 0 Å². The van der Waals surface area contributed by atoms with Crippen LogP contribution in [0.5, 0.6) is 0 Å². The molecule has 0 spiro atoms. The first-order chi connectivity index (χ1) is 14.3. The molecule has 3 aromatic rings. The minimum absolute atomic E-state index is 0.294. The molecule has 0 bridgehead atoms. The Morgan fingerprint density at radius 1 is 0.897 bits per heavy atom. The Balaban J connectivity index is 1.44. The topological polar surface area (TPSA) is 70.2 Å². The fourth-order valence-electron chi connectivity index (χ4n) is 3.59. The van der Waals surface area contributed by atoms with Crippen LogP contribution in [-0.2, 0) is 0 Å². The third-order valence-electron chi connectivity index (χ3n) is 5.08. The summed E-state index contributed by atoms with van der Waals surface area (Å²) < 4.78 is 0. The number of hydrogen-bond donors (Lipinski definition) is 2. The number of benzene rings is 1. The first-order valence-corrected chi connectivity index (χ1v) is 10.0. The lowest BCUT2D eigenvalue weighted by molar-refractivity contribution is 0.250. The molecule has 2 N–H and O–H groups in total. The fourth-order valence-corrected chi connectivity index (χ4v) is 3.59. The molecule has 0 radical (unpaired) electrons. The standard InChI is InChI=1S/C23H25N5O/c29-23(26-19-12-13-21(25-17-19)28-15-7-2-8-16-28)27-22(18-9-3-1-4-10-18)20-11-5-6-14-24-20/h1,3-6,9-14,17,22H,2,7-8,15-16H2,(H2,26,27,29)/t22-/m1/s1. The number of carbonyl (C=O) groups excluding carboxylic acids is 1. The number of nitrogens with one attached hydrogen (secondary N) is 2. The molecule has 2 amide bonds. The number of pyridine rings is 2. The van der Waals surface area contributed by atoms with E-state index >= 15 is 0 Å². The Bertz CT molecular complexity index is 870. The van der Waals surface area contributed by atoms with Crippen LogP contribution in [0, 0.1) is 0 Å². The van der Waals surface area contributed by atoms with Crippen LogP contribution in [0.15, 0.2) is 73.1 Å². The molecule has 1 aromatic carbocycles. The van der Waals surface area contributed by atoms with E-state index in [1.165, 1.54) is 19.3 Å². The van der Waals surface area contributed by atoms with Gasteiger partial charge in [0, 0.05) is 19.3 Å². The van der Waals surface area contributed by atoms with Gasteiger partial charge in [0.1, 0.15) is 5.82 Å². The van der Waals surface area contributed by atoms with Crippen molar-refractivity contribution >= 4 is 17.5 Å². The van der Waals surface area contributed by atoms with Crippen molar-refractivity contribution < 1.29 is 4.79 Å². The second-order valence-corrected chi connectivity index (χ2v) is 7.15. The largest absolute Gasteiger partial charge is 0.357 e. The van der Waals surface area contributed by atoms with Crippen LogP contribution >= 0.6 is 0 Å². The minimum Gasteiger partial charge on any atom is -0.357 e. The summed E-state index contributed by atoms with van der Waals surface area (Å²) >= 11 is 0. The number of amides is 2. The van der Waals surface area contributed by atoms with E-state index in [1.54, 1.807) is 12.4 Å². The van der Waals surface area contributed by atoms with E-state index in [1.807, 2.05) is 60.7 Å². The summed E-state index contributed by atoms with van der Waals surface area (Å²) in [6.45, 7) is 2.09. The van der Waals surface area contributed by atoms with E-state index in [0.717, 1.165) is 30.2 Å². The Kier molecular flexibility index (Phi) is 6.00. The van der Waals surface area contributed by atoms with Gasteiger partial charge in [-0.25, -0.2) is 9.78 Å². The van der Waals surface area contributed by atoms with Crippen molar-refractivity contribution in [3.05, 3.63) is 84.3 Å². The van der Waals surface area contributed by atoms with Gasteiger partial charge in [0.25, 0.3) is 0 Å². The average Bonchev–Trinajstić information content (AvgIpc) is 2.80. The molecule has 148 valence electrons. The molecule has 4 rings (SSSR count). The van der Waals surface area contributed by atoms with Crippen LogP contribution in [-0.4, -0.2) is 29.1 Å². The third-order valence-corrected chi connectivity index (χ3v) is 5.08. The summed E-state index contributed by atoms with van der Waals surface area (Å²) in [7, 11) is 0. The maximum absolute atomic E-state index is 12.7. The lowest BCUT2D eigenvalue weighted by Gasteiger charge is -2.27. The first-order valence-electron chi connectivity index (χ1n) is 10.0. The van der Waals surface area contributed by atoms with E-state index in [9.17, 15) is 4.79 Å². The molecule has 0 aliphatic carbocycles. The zero-order valence-electron chi connectivity index (χ0n) is 16.3. The van der Waals surface area contributed by atoms with E-state index in [4.69, 9.17) is 0 Å². The summed E-state index contributed by atoms with van der Waals surface area (Å²) in [5.74, 6) is 0.964. The second kappa shape index (κ2) is 9.19. The predicted molar refractivity (Wildman–Crippen MR) is 115 cm³/mol. The van der Waals surface area contributed by atoms with Gasteiger partial charge in [-0.2, -0.15) is 0 Å². The number of urea groups is 1. The summed E-state index contributed by atoms with van der Waals surface area (Å²) in [4.78, 5) is 23.9. The summed E-state index contributed by atoms with van der Waals surface area (Å²) in [6.07, 6.45) is 7.14. The molecular formula is C23H25N5O. The van der Waals surface area contributed by atoms with E-state index in [-0.39, 0.29) is 12.1 Å². The van der Waals surface area contributed by atoms with Crippen LogP contribution in [0.1, 0.15) is 36.6 Å². The van der Waals surface area contributed by atoms with Crippen molar-refractivity contribution in [1.82, 2.24) is 15.3 Å². The molecule has 29 heavy (non-hydrogen) atoms. The van der Waals surface area contributed by atoms with Gasteiger partial charge in [0.05, 0.1) is 23.6 Å². The van der Waals surface area contributed by atoms with Gasteiger partial charge in [-0.15, -0.1) is 0 Å². The highest BCUT2D eigenvalue weighted by molar-refractivity contribution is 5.89. The molecule has 1 saturated heterocycles. The molecule has 3 heterocycles. The van der Waals surface area contributed by atoms with E-state index in [2.05, 4.69) is 25.5 Å². The van der Waals surface area contributed by atoms with Crippen LogP contribution in [0.25, 0.3) is 0 Å². The third kappa shape index (κ3) is 4.90. The van der Waals surface area contributed by atoms with Gasteiger partial charge in [0.2, 0.25) is 0 Å². The van der Waals surface area contributed by atoms with Crippen LogP contribution in [0.3, 0.4) is 0 Å². The number of piperidine rings is 1. The van der Waals surface area contributed by atoms with Crippen molar-refractivity contribution in [3.63, 3.8) is 0 Å². The lowest BCUT2D eigenvalue weighted by Crippen LogP contribution is -2.33. The number of hydrogen-bond acceptors (Lipinski definition) is 4. The van der Waals surface area contributed by atoms with Crippen molar-refractivity contribution in [2.45, 2.75) is 25.3 Å². The zero-order chi connectivity index (χ0) is 19.9. The second-order valence-electron chi connectivity index (χ2n) is 7.15. The SMILES string of the molecule is O=C(Nc1ccc(N2CCCCC2)nc1)N[C@H](c1ccccc1)c1ccccn1. The van der Waals surface area contributed by atoms with Gasteiger partial charge in [-0.05, 0) is 49.1 Å². The minimum atomic E-state index is -0.335. The molecule has 0 saturated carbocycles. The van der Waals surface area contributed by atoms with Crippen LogP contribution in [0.4, 0.5) is 16.3 Å². The summed E-state index contributed by atoms with van der Waals surface area (Å²) in [5, 5.41) is 5.91. The molecule has 1 aliphatic rings. The number of carbonyl (C=O) groups is 1. The first kappa shape index (κ1) is 18.9. The number of rotatable bonds is 5. The van der Waals surface area contributed by atoms with Gasteiger partial charge >= 0.3 is 6.03 Å². The quantitative estimate of drug-likeness (QED) is 0.682. The molecule has 1 atom stereocenters. The molecule has 0 unspecified atom stereocenters. The highest BCUT2D eigenvalue weighted by atomic mass is 16.2. The highest BCUT2D eigenvalue weighted by Crippen LogP contribution is 2.21. The Hall–Kier alpha value is -3.41. The smallest absolute Gasteiger partial charge is 0.320 e. The molecule has 6 nitrogen and oxygen atoms in total. The molecule has 6 heteroatoms. The van der Waals surface area contributed by atoms with Gasteiger partial charge < -0.3 is 15.5 Å².